The normalized spacial score (nSPS) is 15.1. The van der Waals surface area contributed by atoms with Crippen LogP contribution in [0.4, 0.5) is 5.82 Å². The van der Waals surface area contributed by atoms with Crippen LogP contribution in [-0.2, 0) is 11.8 Å². The summed E-state index contributed by atoms with van der Waals surface area (Å²) in [5.41, 5.74) is 5.31. The van der Waals surface area contributed by atoms with Gasteiger partial charge in [-0.05, 0) is 37.5 Å². The molecule has 0 saturated carbocycles. The number of hydrogen-bond donors (Lipinski definition) is 1. The van der Waals surface area contributed by atoms with Gasteiger partial charge in [-0.1, -0.05) is 12.1 Å². The summed E-state index contributed by atoms with van der Waals surface area (Å²) in [5, 5.41) is 9.04. The van der Waals surface area contributed by atoms with Gasteiger partial charge in [0.25, 0.3) is 0 Å². The lowest BCUT2D eigenvalue weighted by molar-refractivity contribution is 0.0904. The van der Waals surface area contributed by atoms with Crippen LogP contribution in [0.3, 0.4) is 0 Å². The van der Waals surface area contributed by atoms with Crippen LogP contribution in [0, 0.1) is 6.92 Å². The van der Waals surface area contributed by atoms with Crippen LogP contribution in [0.25, 0.3) is 27.8 Å². The predicted molar refractivity (Wildman–Crippen MR) is 113 cm³/mol. The molecule has 1 fully saturated rings. The summed E-state index contributed by atoms with van der Waals surface area (Å²) in [6.07, 6.45) is 9.66. The maximum Gasteiger partial charge on any atom is 0.150 e. The Morgan fingerprint density at radius 2 is 2.00 bits per heavy atom. The third-order valence-corrected chi connectivity index (χ3v) is 5.44. The highest BCUT2D eigenvalue weighted by atomic mass is 16.5. The molecule has 0 radical (unpaired) electrons. The monoisotopic (exact) mass is 388 g/mol. The third-order valence-electron chi connectivity index (χ3n) is 5.44. The Kier molecular flexibility index (Phi) is 4.52. The number of nitrogens with zero attached hydrogens (tertiary/aromatic N) is 5. The van der Waals surface area contributed by atoms with Crippen molar-refractivity contribution in [2.75, 3.05) is 18.5 Å². The van der Waals surface area contributed by atoms with E-state index in [9.17, 15) is 0 Å². The van der Waals surface area contributed by atoms with Crippen molar-refractivity contribution in [3.05, 3.63) is 54.7 Å². The number of aromatic nitrogens is 5. The lowest BCUT2D eigenvalue weighted by Crippen LogP contribution is -2.28. The minimum Gasteiger partial charge on any atom is -0.381 e. The molecule has 1 aliphatic rings. The molecule has 29 heavy (non-hydrogen) atoms. The molecule has 0 unspecified atom stereocenters. The summed E-state index contributed by atoms with van der Waals surface area (Å²) in [5.74, 6) is 0.868. The van der Waals surface area contributed by atoms with Crippen molar-refractivity contribution in [3.63, 3.8) is 0 Å². The van der Waals surface area contributed by atoms with Gasteiger partial charge in [0, 0.05) is 55.5 Å². The highest BCUT2D eigenvalue weighted by Gasteiger charge is 2.21. The summed E-state index contributed by atoms with van der Waals surface area (Å²) < 4.78 is 9.47. The largest absolute Gasteiger partial charge is 0.381 e. The molecule has 4 heterocycles. The van der Waals surface area contributed by atoms with Crippen LogP contribution in [-0.4, -0.2) is 43.6 Å². The van der Waals surface area contributed by atoms with E-state index in [1.807, 2.05) is 24.1 Å². The standard InChI is InChI=1S/C22H24N6O/c1-15-4-3-5-18(10-15)28-13-19(16-11-25-27(2)12-16)20-21(23-14-24-22(20)28)26-17-6-8-29-9-7-17/h3-5,10-14,17H,6-9H2,1-2H3,(H,23,24,26). The lowest BCUT2D eigenvalue weighted by atomic mass is 10.1. The van der Waals surface area contributed by atoms with E-state index in [1.54, 1.807) is 6.33 Å². The highest BCUT2D eigenvalue weighted by molar-refractivity contribution is 6.02. The van der Waals surface area contributed by atoms with Crippen molar-refractivity contribution in [1.29, 1.82) is 0 Å². The molecule has 0 atom stereocenters. The Hall–Kier alpha value is -3.19. The van der Waals surface area contributed by atoms with E-state index in [1.165, 1.54) is 5.56 Å². The summed E-state index contributed by atoms with van der Waals surface area (Å²) in [6, 6.07) is 8.80. The summed E-state index contributed by atoms with van der Waals surface area (Å²) in [4.78, 5) is 9.27. The van der Waals surface area contributed by atoms with Crippen LogP contribution < -0.4 is 5.32 Å². The lowest BCUT2D eigenvalue weighted by Gasteiger charge is -2.24. The number of anilines is 1. The molecule has 7 heteroatoms. The number of benzene rings is 1. The number of hydrogen-bond acceptors (Lipinski definition) is 5. The molecule has 7 nitrogen and oxygen atoms in total. The molecule has 3 aromatic heterocycles. The van der Waals surface area contributed by atoms with Gasteiger partial charge < -0.3 is 14.6 Å². The van der Waals surface area contributed by atoms with Crippen molar-refractivity contribution in [2.24, 2.45) is 7.05 Å². The average molecular weight is 388 g/mol. The van der Waals surface area contributed by atoms with Gasteiger partial charge >= 0.3 is 0 Å². The van der Waals surface area contributed by atoms with Crippen molar-refractivity contribution in [3.8, 4) is 16.8 Å². The molecule has 0 bridgehead atoms. The SMILES string of the molecule is Cc1cccc(-n2cc(-c3cnn(C)c3)c3c(NC4CCOCC4)ncnc32)c1. The Morgan fingerprint density at radius 1 is 1.14 bits per heavy atom. The molecule has 148 valence electrons. The fourth-order valence-corrected chi connectivity index (χ4v) is 3.96. The van der Waals surface area contributed by atoms with Crippen molar-refractivity contribution < 1.29 is 4.74 Å². The molecule has 0 amide bonds. The summed E-state index contributed by atoms with van der Waals surface area (Å²) >= 11 is 0. The van der Waals surface area contributed by atoms with Gasteiger partial charge in [-0.15, -0.1) is 0 Å². The first-order valence-electron chi connectivity index (χ1n) is 9.95. The first kappa shape index (κ1) is 17.9. The van der Waals surface area contributed by atoms with E-state index in [2.05, 4.69) is 62.3 Å². The van der Waals surface area contributed by atoms with Crippen LogP contribution in [0.5, 0.6) is 0 Å². The van der Waals surface area contributed by atoms with E-state index in [0.717, 1.165) is 59.7 Å². The second-order valence-corrected chi connectivity index (χ2v) is 7.61. The Balaban J connectivity index is 1.70. The molecule has 1 aliphatic heterocycles. The quantitative estimate of drug-likeness (QED) is 0.577. The van der Waals surface area contributed by atoms with E-state index in [4.69, 9.17) is 4.74 Å². The minimum atomic E-state index is 0.353. The molecule has 1 N–H and O–H groups in total. The molecule has 1 saturated heterocycles. The molecule has 0 aliphatic carbocycles. The molecule has 5 rings (SSSR count). The Labute approximate surface area is 169 Å². The van der Waals surface area contributed by atoms with Crippen molar-refractivity contribution in [1.82, 2.24) is 24.3 Å². The molecular formula is C22H24N6O. The van der Waals surface area contributed by atoms with E-state index < -0.39 is 0 Å². The van der Waals surface area contributed by atoms with Crippen LogP contribution in [0.2, 0.25) is 0 Å². The number of fused-ring (bicyclic) bond motifs is 1. The van der Waals surface area contributed by atoms with Crippen molar-refractivity contribution >= 4 is 16.9 Å². The van der Waals surface area contributed by atoms with E-state index in [0.29, 0.717) is 6.04 Å². The van der Waals surface area contributed by atoms with Gasteiger partial charge in [-0.3, -0.25) is 4.68 Å². The molecule has 0 spiro atoms. The van der Waals surface area contributed by atoms with E-state index >= 15 is 0 Å². The average Bonchev–Trinajstić information content (AvgIpc) is 3.33. The van der Waals surface area contributed by atoms with Gasteiger partial charge in [0.2, 0.25) is 0 Å². The molecule has 1 aromatic carbocycles. The van der Waals surface area contributed by atoms with Gasteiger partial charge in [-0.2, -0.15) is 5.10 Å². The maximum atomic E-state index is 5.51. The first-order chi connectivity index (χ1) is 14.2. The molecule has 4 aromatic rings. The Morgan fingerprint density at radius 3 is 2.76 bits per heavy atom. The van der Waals surface area contributed by atoms with Crippen LogP contribution in [0.15, 0.2) is 49.2 Å². The number of aryl methyl sites for hydroxylation is 2. The second-order valence-electron chi connectivity index (χ2n) is 7.61. The fraction of sp³-hybridized carbons (Fsp3) is 0.318. The van der Waals surface area contributed by atoms with Crippen molar-refractivity contribution in [2.45, 2.75) is 25.8 Å². The van der Waals surface area contributed by atoms with Gasteiger partial charge in [-0.25, -0.2) is 9.97 Å². The zero-order chi connectivity index (χ0) is 19.8. The number of rotatable bonds is 4. The summed E-state index contributed by atoms with van der Waals surface area (Å²) in [7, 11) is 1.93. The van der Waals surface area contributed by atoms with Crippen LogP contribution in [0.1, 0.15) is 18.4 Å². The minimum absolute atomic E-state index is 0.353. The zero-order valence-electron chi connectivity index (χ0n) is 16.7. The number of nitrogens with one attached hydrogen (secondary N) is 1. The predicted octanol–water partition coefficient (Wildman–Crippen LogP) is 3.72. The summed E-state index contributed by atoms with van der Waals surface area (Å²) in [6.45, 7) is 3.67. The molecular weight excluding hydrogens is 364 g/mol. The van der Waals surface area contributed by atoms with E-state index in [-0.39, 0.29) is 0 Å². The smallest absolute Gasteiger partial charge is 0.150 e. The third kappa shape index (κ3) is 3.38. The first-order valence-corrected chi connectivity index (χ1v) is 9.95. The zero-order valence-corrected chi connectivity index (χ0v) is 16.7. The second kappa shape index (κ2) is 7.33. The van der Waals surface area contributed by atoms with Gasteiger partial charge in [0.15, 0.2) is 5.65 Å². The Bertz CT molecular complexity index is 1160. The topological polar surface area (TPSA) is 69.8 Å². The maximum absolute atomic E-state index is 5.51. The highest BCUT2D eigenvalue weighted by Crippen LogP contribution is 2.35. The van der Waals surface area contributed by atoms with Crippen LogP contribution >= 0.6 is 0 Å². The van der Waals surface area contributed by atoms with Gasteiger partial charge in [0.05, 0.1) is 11.6 Å². The number of ether oxygens (including phenoxy) is 1. The fourth-order valence-electron chi connectivity index (χ4n) is 3.96. The van der Waals surface area contributed by atoms with Gasteiger partial charge in [0.1, 0.15) is 12.1 Å².